The summed E-state index contributed by atoms with van der Waals surface area (Å²) in [5, 5.41) is -7.95. The molecule has 0 saturated carbocycles. The lowest BCUT2D eigenvalue weighted by Gasteiger charge is -2.42. The van der Waals surface area contributed by atoms with Crippen molar-refractivity contribution in [2.75, 3.05) is 18.3 Å². The molecule has 0 aromatic heterocycles. The third kappa shape index (κ3) is 6.32. The van der Waals surface area contributed by atoms with E-state index in [1.165, 1.54) is 0 Å². The molecule has 23 heteroatoms. The first-order valence-electron chi connectivity index (χ1n) is 8.39. The standard InChI is InChI=1S/C8HF17O3S.C6H13OS/c9-1(10,3(13,14)5(17,18)7(21,22)23)2(11,12)4(15,16)6(19,20)8(24,25)29(26,27)28;1-4-6(7)5-8(2)3/h(H,26,27,28);4-5H2,1-3H3/q;+1/p-1. The van der Waals surface area contributed by atoms with Gasteiger partial charge in [-0.05, 0) is 10.9 Å². The Balaban J connectivity index is 0. The van der Waals surface area contributed by atoms with E-state index in [2.05, 4.69) is 12.5 Å². The Labute approximate surface area is 198 Å². The zero-order valence-electron chi connectivity index (χ0n) is 17.8. The summed E-state index contributed by atoms with van der Waals surface area (Å²) in [5.41, 5.74) is 0. The van der Waals surface area contributed by atoms with Crippen LogP contribution in [-0.2, 0) is 25.8 Å². The molecule has 4 nitrogen and oxygen atoms in total. The molecule has 0 rings (SSSR count). The van der Waals surface area contributed by atoms with Crippen molar-refractivity contribution in [1.29, 1.82) is 0 Å². The van der Waals surface area contributed by atoms with E-state index in [-0.39, 0.29) is 0 Å². The SMILES string of the molecule is CCC(=O)C[S+](C)C.O=S(=O)([O-])C(F)(F)C(F)(F)C(F)(F)C(F)(F)C(F)(F)C(F)(F)C(F)(F)C(F)(F)F. The minimum atomic E-state index is -8.92. The van der Waals surface area contributed by atoms with Crippen LogP contribution in [0.3, 0.4) is 0 Å². The van der Waals surface area contributed by atoms with Gasteiger partial charge >= 0.3 is 47.0 Å². The molecule has 0 radical (unpaired) electrons. The molecule has 37 heavy (non-hydrogen) atoms. The van der Waals surface area contributed by atoms with E-state index in [0.717, 1.165) is 5.75 Å². The van der Waals surface area contributed by atoms with Crippen LogP contribution >= 0.6 is 0 Å². The first-order chi connectivity index (χ1) is 15.7. The zero-order valence-corrected chi connectivity index (χ0v) is 19.4. The van der Waals surface area contributed by atoms with Crippen LogP contribution in [0.5, 0.6) is 0 Å². The Morgan fingerprint density at radius 2 is 0.892 bits per heavy atom. The maximum Gasteiger partial charge on any atom is 0.460 e. The second kappa shape index (κ2) is 10.7. The van der Waals surface area contributed by atoms with Crippen LogP contribution < -0.4 is 0 Å². The maximum atomic E-state index is 13.0. The minimum absolute atomic E-state index is 0.305. The highest BCUT2D eigenvalue weighted by Gasteiger charge is 2.95. The van der Waals surface area contributed by atoms with Gasteiger partial charge in [0.1, 0.15) is 0 Å². The summed E-state index contributed by atoms with van der Waals surface area (Å²) >= 11 is 0. The van der Waals surface area contributed by atoms with Crippen molar-refractivity contribution in [3.63, 3.8) is 0 Å². The molecule has 0 unspecified atom stereocenters. The second-order valence-electron chi connectivity index (χ2n) is 6.94. The van der Waals surface area contributed by atoms with Crippen molar-refractivity contribution in [3.8, 4) is 0 Å². The van der Waals surface area contributed by atoms with Gasteiger partial charge in [0.2, 0.25) is 0 Å². The predicted molar refractivity (Wildman–Crippen MR) is 89.8 cm³/mol. The average Bonchev–Trinajstić information content (AvgIpc) is 2.65. The van der Waals surface area contributed by atoms with Crippen LogP contribution in [0.4, 0.5) is 74.6 Å². The van der Waals surface area contributed by atoms with Crippen molar-refractivity contribution in [2.24, 2.45) is 0 Å². The average molecular weight is 632 g/mol. The molecule has 0 spiro atoms. The second-order valence-corrected chi connectivity index (χ2v) is 10.6. The van der Waals surface area contributed by atoms with E-state index in [1.807, 2.05) is 6.92 Å². The summed E-state index contributed by atoms with van der Waals surface area (Å²) in [6.45, 7) is 1.91. The molecular formula is C14H13F17O4S2. The fraction of sp³-hybridized carbons (Fsp3) is 0.929. The van der Waals surface area contributed by atoms with Crippen LogP contribution in [0.15, 0.2) is 0 Å². The smallest absolute Gasteiger partial charge is 0.460 e. The van der Waals surface area contributed by atoms with E-state index in [0.29, 0.717) is 23.1 Å². The number of hydrogen-bond donors (Lipinski definition) is 0. The molecule has 0 saturated heterocycles. The van der Waals surface area contributed by atoms with Crippen molar-refractivity contribution in [3.05, 3.63) is 0 Å². The van der Waals surface area contributed by atoms with Crippen LogP contribution in [-0.4, -0.2) is 84.0 Å². The zero-order chi connectivity index (χ0) is 31.1. The molecule has 0 aromatic rings. The molecule has 224 valence electrons. The number of Topliss-reactive ketones (excluding diaryl/α,β-unsaturated/α-hetero) is 1. The Bertz CT molecular complexity index is 909. The predicted octanol–water partition coefficient (Wildman–Crippen LogP) is 5.34. The number of ketones is 1. The third-order valence-corrected chi connectivity index (χ3v) is 5.63. The lowest BCUT2D eigenvalue weighted by Crippen LogP contribution is -2.75. The molecule has 0 fully saturated rings. The van der Waals surface area contributed by atoms with Crippen LogP contribution in [0.25, 0.3) is 0 Å². The molecule has 0 aliphatic heterocycles. The quantitative estimate of drug-likeness (QED) is 0.185. The summed E-state index contributed by atoms with van der Waals surface area (Å²) < 4.78 is 244. The van der Waals surface area contributed by atoms with Gasteiger partial charge in [0.15, 0.2) is 21.7 Å². The van der Waals surface area contributed by atoms with E-state index in [9.17, 15) is 92.4 Å². The van der Waals surface area contributed by atoms with Crippen LogP contribution in [0.1, 0.15) is 13.3 Å². The van der Waals surface area contributed by atoms with Crippen molar-refractivity contribution < 1.29 is 92.4 Å². The van der Waals surface area contributed by atoms with Crippen LogP contribution in [0, 0.1) is 0 Å². The van der Waals surface area contributed by atoms with E-state index in [4.69, 9.17) is 0 Å². The topological polar surface area (TPSA) is 74.3 Å². The molecule has 0 aliphatic rings. The summed E-state index contributed by atoms with van der Waals surface area (Å²) in [6, 6.07) is 0. The fourth-order valence-electron chi connectivity index (χ4n) is 1.73. The highest BCUT2D eigenvalue weighted by molar-refractivity contribution is 7.96. The number of halogens is 17. The van der Waals surface area contributed by atoms with Gasteiger partial charge in [-0.25, -0.2) is 8.42 Å². The van der Waals surface area contributed by atoms with Crippen molar-refractivity contribution >= 4 is 26.8 Å². The highest BCUT2D eigenvalue weighted by atomic mass is 32.2. The van der Waals surface area contributed by atoms with Crippen molar-refractivity contribution in [2.45, 2.75) is 60.3 Å². The van der Waals surface area contributed by atoms with Gasteiger partial charge in [-0.1, -0.05) is 6.92 Å². The molecule has 0 N–H and O–H groups in total. The molecular weight excluding hydrogens is 619 g/mol. The molecule has 0 bridgehead atoms. The third-order valence-electron chi connectivity index (χ3n) is 3.85. The number of carbonyl (C=O) groups excluding carboxylic acids is 1. The largest absolute Gasteiger partial charge is 0.743 e. The lowest BCUT2D eigenvalue weighted by molar-refractivity contribution is -0.458. The first-order valence-corrected chi connectivity index (χ1v) is 12.0. The molecule has 0 heterocycles. The van der Waals surface area contributed by atoms with E-state index in [1.54, 1.807) is 0 Å². The maximum absolute atomic E-state index is 13.0. The summed E-state index contributed by atoms with van der Waals surface area (Å²) in [7, 11) is -7.84. The Morgan fingerprint density at radius 1 is 0.622 bits per heavy atom. The normalized spacial score (nSPS) is 15.4. The Morgan fingerprint density at radius 3 is 1.08 bits per heavy atom. The fourth-order valence-corrected chi connectivity index (χ4v) is 3.02. The monoisotopic (exact) mass is 632 g/mol. The first kappa shape index (κ1) is 37.9. The Kier molecular flexibility index (Phi) is 11.0. The van der Waals surface area contributed by atoms with Gasteiger partial charge in [0.05, 0.1) is 12.5 Å². The van der Waals surface area contributed by atoms with Gasteiger partial charge in [-0.3, -0.25) is 4.79 Å². The van der Waals surface area contributed by atoms with Gasteiger partial charge in [0, 0.05) is 6.42 Å². The van der Waals surface area contributed by atoms with Gasteiger partial charge < -0.3 is 4.55 Å². The number of alkyl halides is 17. The van der Waals surface area contributed by atoms with Gasteiger partial charge in [0.25, 0.3) is 0 Å². The number of hydrogen-bond acceptors (Lipinski definition) is 4. The molecule has 0 amide bonds. The Hall–Kier alpha value is -1.26. The van der Waals surface area contributed by atoms with E-state index >= 15 is 0 Å². The molecule has 0 atom stereocenters. The van der Waals surface area contributed by atoms with Gasteiger partial charge in [-0.15, -0.1) is 0 Å². The number of rotatable bonds is 10. The molecule has 0 aromatic carbocycles. The van der Waals surface area contributed by atoms with Crippen LogP contribution in [0.2, 0.25) is 0 Å². The van der Waals surface area contributed by atoms with Gasteiger partial charge in [-0.2, -0.15) is 74.6 Å². The number of carbonyl (C=O) groups is 1. The summed E-state index contributed by atoms with van der Waals surface area (Å²) in [4.78, 5) is 10.6. The van der Waals surface area contributed by atoms with E-state index < -0.39 is 57.1 Å². The van der Waals surface area contributed by atoms with Crippen molar-refractivity contribution in [1.82, 2.24) is 0 Å². The minimum Gasteiger partial charge on any atom is -0.743 e. The summed E-state index contributed by atoms with van der Waals surface area (Å²) in [6.07, 6.45) is -3.01. The highest BCUT2D eigenvalue weighted by Crippen LogP contribution is 2.64. The molecule has 0 aliphatic carbocycles. The summed E-state index contributed by atoms with van der Waals surface area (Å²) in [5.74, 6) is -51.0. The lowest BCUT2D eigenvalue weighted by atomic mass is 9.91.